The SMILES string of the molecule is CCOC(=O)[C@@](NS(=O)(=O)c1ccccc1)(C(F)(F)F)P(=O)(OCC(C)C)OCC(C)C. The van der Waals surface area contributed by atoms with E-state index in [2.05, 4.69) is 4.74 Å². The summed E-state index contributed by atoms with van der Waals surface area (Å²) in [4.78, 5) is 12.2. The van der Waals surface area contributed by atoms with Crippen LogP contribution >= 0.6 is 7.60 Å². The molecule has 1 N–H and O–H groups in total. The summed E-state index contributed by atoms with van der Waals surface area (Å²) in [6.07, 6.45) is -5.75. The number of alkyl halides is 3. The van der Waals surface area contributed by atoms with E-state index >= 15 is 0 Å². The first kappa shape index (κ1) is 28.6. The van der Waals surface area contributed by atoms with Gasteiger partial charge in [0.15, 0.2) is 0 Å². The van der Waals surface area contributed by atoms with Crippen LogP contribution in [0.15, 0.2) is 35.2 Å². The Bertz CT molecular complexity index is 891. The number of benzene rings is 1. The third-order valence-electron chi connectivity index (χ3n) is 3.88. The summed E-state index contributed by atoms with van der Waals surface area (Å²) in [6, 6.07) is 6.04. The smallest absolute Gasteiger partial charge is 0.430 e. The first-order chi connectivity index (χ1) is 14.6. The van der Waals surface area contributed by atoms with Crippen molar-refractivity contribution < 1.29 is 44.7 Å². The molecule has 1 atom stereocenters. The van der Waals surface area contributed by atoms with E-state index in [0.29, 0.717) is 0 Å². The van der Waals surface area contributed by atoms with Gasteiger partial charge in [0.1, 0.15) is 0 Å². The van der Waals surface area contributed by atoms with E-state index in [9.17, 15) is 30.9 Å². The molecular formula is C19H29F3NO7PS. The quantitative estimate of drug-likeness (QED) is 0.334. The van der Waals surface area contributed by atoms with E-state index in [1.54, 1.807) is 27.7 Å². The van der Waals surface area contributed by atoms with Crippen LogP contribution in [0.4, 0.5) is 13.2 Å². The fourth-order valence-corrected chi connectivity index (χ4v) is 6.43. The molecule has 1 aromatic carbocycles. The van der Waals surface area contributed by atoms with Gasteiger partial charge in [0.25, 0.3) is 0 Å². The second-order valence-corrected chi connectivity index (χ2v) is 11.6. The van der Waals surface area contributed by atoms with Gasteiger partial charge in [-0.15, -0.1) is 0 Å². The molecule has 0 amide bonds. The van der Waals surface area contributed by atoms with Crippen molar-refractivity contribution in [1.29, 1.82) is 0 Å². The van der Waals surface area contributed by atoms with E-state index in [-0.39, 0.29) is 0 Å². The number of nitrogens with one attached hydrogen (secondary N) is 1. The average molecular weight is 503 g/mol. The highest BCUT2D eigenvalue weighted by Gasteiger charge is 2.76. The monoisotopic (exact) mass is 503 g/mol. The molecule has 0 bridgehead atoms. The number of esters is 1. The maximum Gasteiger partial charge on any atom is 0.430 e. The van der Waals surface area contributed by atoms with Gasteiger partial charge in [-0.25, -0.2) is 13.2 Å². The van der Waals surface area contributed by atoms with Crippen molar-refractivity contribution in [2.24, 2.45) is 11.8 Å². The first-order valence-electron chi connectivity index (χ1n) is 9.85. The number of halogens is 3. The third-order valence-corrected chi connectivity index (χ3v) is 7.85. The van der Waals surface area contributed by atoms with Gasteiger partial charge < -0.3 is 13.8 Å². The molecule has 0 radical (unpaired) electrons. The summed E-state index contributed by atoms with van der Waals surface area (Å²) in [5, 5.41) is -4.32. The minimum atomic E-state index is -5.75. The molecule has 0 aliphatic carbocycles. The lowest BCUT2D eigenvalue weighted by Crippen LogP contribution is -2.64. The number of hydrogen-bond donors (Lipinski definition) is 1. The molecule has 32 heavy (non-hydrogen) atoms. The molecule has 0 aliphatic heterocycles. The molecule has 0 fully saturated rings. The van der Waals surface area contributed by atoms with Gasteiger partial charge >= 0.3 is 25.0 Å². The number of ether oxygens (including phenoxy) is 1. The van der Waals surface area contributed by atoms with E-state index < -0.39 is 71.6 Å². The van der Waals surface area contributed by atoms with Crippen LogP contribution in [0.2, 0.25) is 0 Å². The zero-order chi connectivity index (χ0) is 24.8. The van der Waals surface area contributed by atoms with Gasteiger partial charge in [-0.1, -0.05) is 45.9 Å². The predicted molar refractivity (Wildman–Crippen MR) is 111 cm³/mol. The highest BCUT2D eigenvalue weighted by molar-refractivity contribution is 7.90. The molecule has 8 nitrogen and oxygen atoms in total. The van der Waals surface area contributed by atoms with Crippen LogP contribution in [0.25, 0.3) is 0 Å². The number of carbonyl (C=O) groups excluding carboxylic acids is 1. The molecular weight excluding hydrogens is 474 g/mol. The Labute approximate surface area is 186 Å². The third kappa shape index (κ3) is 6.54. The van der Waals surface area contributed by atoms with Crippen LogP contribution in [0, 0.1) is 11.8 Å². The zero-order valence-electron chi connectivity index (χ0n) is 18.5. The summed E-state index contributed by atoms with van der Waals surface area (Å²) < 4.78 is 99.2. The Balaban J connectivity index is 3.83. The normalized spacial score (nSPS) is 15.1. The van der Waals surface area contributed by atoms with E-state index in [0.717, 1.165) is 12.1 Å². The van der Waals surface area contributed by atoms with Crippen LogP contribution in [-0.2, 0) is 33.2 Å². The maximum absolute atomic E-state index is 14.6. The molecule has 0 aliphatic rings. The molecule has 1 aromatic rings. The van der Waals surface area contributed by atoms with Crippen LogP contribution in [0.3, 0.4) is 0 Å². The Morgan fingerprint density at radius 2 is 1.50 bits per heavy atom. The fraction of sp³-hybridized carbons (Fsp3) is 0.632. The van der Waals surface area contributed by atoms with Crippen molar-refractivity contribution in [1.82, 2.24) is 4.72 Å². The van der Waals surface area contributed by atoms with Crippen molar-refractivity contribution in [3.63, 3.8) is 0 Å². The summed E-state index contributed by atoms with van der Waals surface area (Å²) >= 11 is 0. The van der Waals surface area contributed by atoms with Crippen molar-refractivity contribution >= 4 is 23.6 Å². The van der Waals surface area contributed by atoms with Crippen molar-refractivity contribution in [2.45, 2.75) is 51.0 Å². The number of rotatable bonds is 12. The molecule has 0 spiro atoms. The first-order valence-corrected chi connectivity index (χ1v) is 12.9. The molecule has 0 unspecified atom stereocenters. The average Bonchev–Trinajstić information content (AvgIpc) is 2.68. The second-order valence-electron chi connectivity index (χ2n) is 7.72. The highest BCUT2D eigenvalue weighted by atomic mass is 32.2. The lowest BCUT2D eigenvalue weighted by atomic mass is 10.2. The summed E-state index contributed by atoms with van der Waals surface area (Å²) in [7, 11) is -10.6. The van der Waals surface area contributed by atoms with Crippen molar-refractivity contribution in [3.8, 4) is 0 Å². The van der Waals surface area contributed by atoms with Gasteiger partial charge in [0.05, 0.1) is 24.7 Å². The molecule has 0 aromatic heterocycles. The van der Waals surface area contributed by atoms with Crippen LogP contribution < -0.4 is 4.72 Å². The Morgan fingerprint density at radius 1 is 1.03 bits per heavy atom. The Morgan fingerprint density at radius 3 is 1.88 bits per heavy atom. The van der Waals surface area contributed by atoms with Crippen molar-refractivity contribution in [3.05, 3.63) is 30.3 Å². The van der Waals surface area contributed by atoms with Gasteiger partial charge in [0.2, 0.25) is 10.0 Å². The van der Waals surface area contributed by atoms with Crippen LogP contribution in [0.5, 0.6) is 0 Å². The number of carbonyl (C=O) groups is 1. The van der Waals surface area contributed by atoms with Crippen molar-refractivity contribution in [2.75, 3.05) is 19.8 Å². The molecule has 0 saturated heterocycles. The summed E-state index contributed by atoms with van der Waals surface area (Å²) in [6.45, 7) is 5.96. The predicted octanol–water partition coefficient (Wildman–Crippen LogP) is 4.32. The van der Waals surface area contributed by atoms with Crippen LogP contribution in [0.1, 0.15) is 34.6 Å². The number of hydrogen-bond acceptors (Lipinski definition) is 7. The van der Waals surface area contributed by atoms with E-state index in [1.807, 2.05) is 0 Å². The van der Waals surface area contributed by atoms with Crippen LogP contribution in [-0.4, -0.2) is 45.7 Å². The highest BCUT2D eigenvalue weighted by Crippen LogP contribution is 2.65. The number of sulfonamides is 1. The molecule has 0 saturated carbocycles. The fourth-order valence-electron chi connectivity index (χ4n) is 2.35. The summed E-state index contributed by atoms with van der Waals surface area (Å²) in [5.41, 5.74) is 0. The lowest BCUT2D eigenvalue weighted by Gasteiger charge is -2.38. The van der Waals surface area contributed by atoms with Gasteiger partial charge in [0, 0.05) is 0 Å². The zero-order valence-corrected chi connectivity index (χ0v) is 20.2. The standard InChI is InChI=1S/C19H29F3NO7PS/c1-6-28-17(24)18(19(20,21)22,23-32(26,27)16-10-8-7-9-11-16)31(25,29-12-14(2)3)30-13-15(4)5/h7-11,14-15,23H,6,12-13H2,1-5H3/t18-/m0/s1. The van der Waals surface area contributed by atoms with E-state index in [4.69, 9.17) is 9.05 Å². The van der Waals surface area contributed by atoms with Gasteiger partial charge in [-0.05, 0) is 30.9 Å². The van der Waals surface area contributed by atoms with E-state index in [1.165, 1.54) is 29.8 Å². The summed E-state index contributed by atoms with van der Waals surface area (Å²) in [5.74, 6) is -2.96. The molecule has 184 valence electrons. The minimum absolute atomic E-state index is 0.412. The van der Waals surface area contributed by atoms with Gasteiger partial charge in [-0.3, -0.25) is 4.57 Å². The topological polar surface area (TPSA) is 108 Å². The molecule has 1 rings (SSSR count). The minimum Gasteiger partial charge on any atom is -0.464 e. The van der Waals surface area contributed by atoms with Gasteiger partial charge in [-0.2, -0.15) is 17.9 Å². The Hall–Kier alpha value is -1.46. The lowest BCUT2D eigenvalue weighted by molar-refractivity contribution is -0.195. The molecule has 13 heteroatoms. The second kappa shape index (κ2) is 11.1. The largest absolute Gasteiger partial charge is 0.464 e. The molecule has 0 heterocycles. The maximum atomic E-state index is 14.6. The Kier molecular flexibility index (Phi) is 9.92.